The molecule has 5 nitrogen and oxygen atoms in total. The second-order valence-electron chi connectivity index (χ2n) is 5.49. The summed E-state index contributed by atoms with van der Waals surface area (Å²) >= 11 is 0. The molecular formula is C16H22N4O. The highest BCUT2D eigenvalue weighted by molar-refractivity contribution is 5.76. The van der Waals surface area contributed by atoms with Crippen molar-refractivity contribution in [1.82, 2.24) is 10.3 Å². The fourth-order valence-electron chi connectivity index (χ4n) is 2.96. The third-order valence-electron chi connectivity index (χ3n) is 4.01. The SMILES string of the molecule is CCNC(=O)C[C@@H]1CCCC[C@@H]1Nc1ccncc1C#N. The number of carbonyl (C=O) groups excluding carboxylic acids is 1. The molecule has 1 heterocycles. The van der Waals surface area contributed by atoms with Gasteiger partial charge in [0.2, 0.25) is 5.91 Å². The molecule has 2 rings (SSSR count). The molecule has 0 radical (unpaired) electrons. The zero-order valence-corrected chi connectivity index (χ0v) is 12.4. The Morgan fingerprint density at radius 3 is 3.05 bits per heavy atom. The second kappa shape index (κ2) is 7.63. The Hall–Kier alpha value is -2.09. The molecule has 1 saturated carbocycles. The molecule has 1 aromatic heterocycles. The fraction of sp³-hybridized carbons (Fsp3) is 0.562. The predicted molar refractivity (Wildman–Crippen MR) is 81.6 cm³/mol. The van der Waals surface area contributed by atoms with Gasteiger partial charge in [-0.05, 0) is 31.7 Å². The van der Waals surface area contributed by atoms with Crippen LogP contribution >= 0.6 is 0 Å². The van der Waals surface area contributed by atoms with Crippen LogP contribution in [-0.2, 0) is 4.79 Å². The highest BCUT2D eigenvalue weighted by Gasteiger charge is 2.27. The zero-order chi connectivity index (χ0) is 15.1. The minimum absolute atomic E-state index is 0.117. The number of pyridine rings is 1. The Morgan fingerprint density at radius 2 is 2.29 bits per heavy atom. The van der Waals surface area contributed by atoms with Crippen LogP contribution in [0, 0.1) is 17.2 Å². The van der Waals surface area contributed by atoms with Crippen LogP contribution in [0.2, 0.25) is 0 Å². The molecule has 0 unspecified atom stereocenters. The van der Waals surface area contributed by atoms with Crippen LogP contribution in [-0.4, -0.2) is 23.5 Å². The van der Waals surface area contributed by atoms with E-state index in [1.807, 2.05) is 13.0 Å². The number of nitrogens with one attached hydrogen (secondary N) is 2. The van der Waals surface area contributed by atoms with Gasteiger partial charge in [-0.25, -0.2) is 0 Å². The number of hydrogen-bond acceptors (Lipinski definition) is 4. The molecule has 0 aliphatic heterocycles. The summed E-state index contributed by atoms with van der Waals surface area (Å²) in [7, 11) is 0. The lowest BCUT2D eigenvalue weighted by Gasteiger charge is -2.32. The summed E-state index contributed by atoms with van der Waals surface area (Å²) in [4.78, 5) is 15.8. The second-order valence-corrected chi connectivity index (χ2v) is 5.49. The van der Waals surface area contributed by atoms with E-state index < -0.39 is 0 Å². The first kappa shape index (κ1) is 15.3. The Morgan fingerprint density at radius 1 is 1.48 bits per heavy atom. The molecule has 1 amide bonds. The number of aromatic nitrogens is 1. The molecule has 5 heteroatoms. The Labute approximate surface area is 125 Å². The van der Waals surface area contributed by atoms with Gasteiger partial charge in [-0.3, -0.25) is 9.78 Å². The molecule has 0 spiro atoms. The molecule has 1 aliphatic carbocycles. The van der Waals surface area contributed by atoms with Crippen molar-refractivity contribution in [2.75, 3.05) is 11.9 Å². The van der Waals surface area contributed by atoms with E-state index in [4.69, 9.17) is 5.26 Å². The maximum absolute atomic E-state index is 11.8. The van der Waals surface area contributed by atoms with Crippen LogP contribution in [0.25, 0.3) is 0 Å². The Bertz CT molecular complexity index is 523. The Kier molecular flexibility index (Phi) is 5.56. The molecule has 0 aromatic carbocycles. The van der Waals surface area contributed by atoms with Crippen molar-refractivity contribution in [2.45, 2.75) is 45.1 Å². The highest BCUT2D eigenvalue weighted by Crippen LogP contribution is 2.30. The van der Waals surface area contributed by atoms with Crippen LogP contribution in [0.1, 0.15) is 44.6 Å². The lowest BCUT2D eigenvalue weighted by Crippen LogP contribution is -2.36. The number of nitriles is 1. The summed E-state index contributed by atoms with van der Waals surface area (Å²) in [6.45, 7) is 2.61. The van der Waals surface area contributed by atoms with E-state index in [2.05, 4.69) is 21.7 Å². The highest BCUT2D eigenvalue weighted by atomic mass is 16.1. The number of nitrogens with zero attached hydrogens (tertiary/aromatic N) is 2. The fourth-order valence-corrected chi connectivity index (χ4v) is 2.96. The van der Waals surface area contributed by atoms with E-state index in [1.54, 1.807) is 12.4 Å². The molecule has 1 fully saturated rings. The van der Waals surface area contributed by atoms with E-state index in [9.17, 15) is 4.79 Å². The van der Waals surface area contributed by atoms with Gasteiger partial charge < -0.3 is 10.6 Å². The number of amides is 1. The Balaban J connectivity index is 2.05. The van der Waals surface area contributed by atoms with Crippen LogP contribution in [0.5, 0.6) is 0 Å². The molecular weight excluding hydrogens is 264 g/mol. The molecule has 0 bridgehead atoms. The number of anilines is 1. The molecule has 21 heavy (non-hydrogen) atoms. The molecule has 1 aliphatic rings. The maximum atomic E-state index is 11.8. The van der Waals surface area contributed by atoms with Crippen LogP contribution in [0.3, 0.4) is 0 Å². The standard InChI is InChI=1S/C16H22N4O/c1-2-19-16(21)9-12-5-3-4-6-14(12)20-15-7-8-18-11-13(15)10-17/h7-8,11-12,14H,2-6,9H2,1H3,(H,18,20)(H,19,21)/t12-,14-/m0/s1. The third-order valence-corrected chi connectivity index (χ3v) is 4.01. The average Bonchev–Trinajstić information content (AvgIpc) is 2.50. The quantitative estimate of drug-likeness (QED) is 0.871. The number of rotatable bonds is 5. The summed E-state index contributed by atoms with van der Waals surface area (Å²) in [6, 6.07) is 4.23. The summed E-state index contributed by atoms with van der Waals surface area (Å²) in [6.07, 6.45) is 8.24. The topological polar surface area (TPSA) is 77.8 Å². The molecule has 2 atom stereocenters. The summed E-state index contributed by atoms with van der Waals surface area (Å²) in [5.74, 6) is 0.441. The van der Waals surface area contributed by atoms with Crippen molar-refractivity contribution < 1.29 is 4.79 Å². The normalized spacial score (nSPS) is 21.3. The van der Waals surface area contributed by atoms with Gasteiger partial charge in [0.1, 0.15) is 6.07 Å². The largest absolute Gasteiger partial charge is 0.381 e. The lowest BCUT2D eigenvalue weighted by atomic mass is 9.82. The first-order valence-corrected chi connectivity index (χ1v) is 7.62. The van der Waals surface area contributed by atoms with Gasteiger partial charge in [-0.1, -0.05) is 12.8 Å². The van der Waals surface area contributed by atoms with E-state index in [0.717, 1.165) is 24.9 Å². The molecule has 0 saturated heterocycles. The first-order valence-electron chi connectivity index (χ1n) is 7.62. The molecule has 1 aromatic rings. The predicted octanol–water partition coefficient (Wildman–Crippen LogP) is 2.45. The van der Waals surface area contributed by atoms with E-state index >= 15 is 0 Å². The van der Waals surface area contributed by atoms with E-state index in [1.165, 1.54) is 6.42 Å². The van der Waals surface area contributed by atoms with Gasteiger partial charge >= 0.3 is 0 Å². The van der Waals surface area contributed by atoms with Crippen molar-refractivity contribution in [3.63, 3.8) is 0 Å². The molecule has 112 valence electrons. The smallest absolute Gasteiger partial charge is 0.220 e. The van der Waals surface area contributed by atoms with Crippen molar-refractivity contribution in [1.29, 1.82) is 5.26 Å². The minimum atomic E-state index is 0.117. The van der Waals surface area contributed by atoms with Gasteiger partial charge in [0.05, 0.1) is 11.3 Å². The number of hydrogen-bond donors (Lipinski definition) is 2. The third kappa shape index (κ3) is 4.19. The van der Waals surface area contributed by atoms with Gasteiger partial charge in [0.25, 0.3) is 0 Å². The van der Waals surface area contributed by atoms with Crippen molar-refractivity contribution in [2.24, 2.45) is 5.92 Å². The molecule has 2 N–H and O–H groups in total. The summed E-state index contributed by atoms with van der Waals surface area (Å²) in [5, 5.41) is 15.5. The minimum Gasteiger partial charge on any atom is -0.381 e. The zero-order valence-electron chi connectivity index (χ0n) is 12.4. The van der Waals surface area contributed by atoms with E-state index in [-0.39, 0.29) is 11.9 Å². The van der Waals surface area contributed by atoms with Crippen LogP contribution < -0.4 is 10.6 Å². The summed E-state index contributed by atoms with van der Waals surface area (Å²) < 4.78 is 0. The van der Waals surface area contributed by atoms with E-state index in [0.29, 0.717) is 24.4 Å². The van der Waals surface area contributed by atoms with Crippen LogP contribution in [0.4, 0.5) is 5.69 Å². The van der Waals surface area contributed by atoms with Crippen LogP contribution in [0.15, 0.2) is 18.5 Å². The number of carbonyl (C=O) groups is 1. The van der Waals surface area contributed by atoms with Crippen molar-refractivity contribution in [3.05, 3.63) is 24.0 Å². The van der Waals surface area contributed by atoms with Gasteiger partial charge in [0, 0.05) is 31.4 Å². The monoisotopic (exact) mass is 286 g/mol. The van der Waals surface area contributed by atoms with Crippen molar-refractivity contribution in [3.8, 4) is 6.07 Å². The van der Waals surface area contributed by atoms with Crippen molar-refractivity contribution >= 4 is 11.6 Å². The van der Waals surface area contributed by atoms with Gasteiger partial charge in [0.15, 0.2) is 0 Å². The average molecular weight is 286 g/mol. The lowest BCUT2D eigenvalue weighted by molar-refractivity contribution is -0.122. The maximum Gasteiger partial charge on any atom is 0.220 e. The first-order chi connectivity index (χ1) is 10.2. The van der Waals surface area contributed by atoms with Gasteiger partial charge in [-0.2, -0.15) is 5.26 Å². The van der Waals surface area contributed by atoms with Gasteiger partial charge in [-0.15, -0.1) is 0 Å². The summed E-state index contributed by atoms with van der Waals surface area (Å²) in [5.41, 5.74) is 1.38.